The molecule has 0 unspecified atom stereocenters. The molecular weight excluding hydrogens is 394 g/mol. The van der Waals surface area contributed by atoms with Gasteiger partial charge in [-0.05, 0) is 40.2 Å². The van der Waals surface area contributed by atoms with Crippen molar-refractivity contribution in [2.24, 2.45) is 0 Å². The Morgan fingerprint density at radius 1 is 1.20 bits per heavy atom. The van der Waals surface area contributed by atoms with Crippen molar-refractivity contribution >= 4 is 44.9 Å². The van der Waals surface area contributed by atoms with Crippen molar-refractivity contribution in [1.82, 2.24) is 0 Å². The maximum atomic E-state index is 12.0. The molecular formula is C16H14BrN3O5. The van der Waals surface area contributed by atoms with Gasteiger partial charge in [-0.2, -0.15) is 0 Å². The minimum Gasteiger partial charge on any atom is -0.452 e. The molecule has 0 aliphatic heterocycles. The lowest BCUT2D eigenvalue weighted by Gasteiger charge is -2.08. The van der Waals surface area contributed by atoms with Crippen LogP contribution in [0.4, 0.5) is 17.1 Å². The molecule has 0 aromatic heterocycles. The molecule has 0 aliphatic carbocycles. The summed E-state index contributed by atoms with van der Waals surface area (Å²) in [4.78, 5) is 34.2. The molecule has 1 amide bonds. The largest absolute Gasteiger partial charge is 0.452 e. The maximum absolute atomic E-state index is 12.0. The average Bonchev–Trinajstić information content (AvgIpc) is 2.61. The van der Waals surface area contributed by atoms with E-state index in [4.69, 9.17) is 4.74 Å². The summed E-state index contributed by atoms with van der Waals surface area (Å²) in [6.45, 7) is -0.512. The molecule has 8 nitrogen and oxygen atoms in total. The van der Waals surface area contributed by atoms with Crippen molar-refractivity contribution in [1.29, 1.82) is 0 Å². The molecule has 0 radical (unpaired) electrons. The van der Waals surface area contributed by atoms with Crippen LogP contribution < -0.4 is 10.6 Å². The van der Waals surface area contributed by atoms with Crippen LogP contribution in [0.25, 0.3) is 0 Å². The van der Waals surface area contributed by atoms with Crippen LogP contribution in [0.2, 0.25) is 0 Å². The van der Waals surface area contributed by atoms with Gasteiger partial charge in [-0.25, -0.2) is 4.79 Å². The van der Waals surface area contributed by atoms with Gasteiger partial charge in [-0.1, -0.05) is 12.1 Å². The highest BCUT2D eigenvalue weighted by molar-refractivity contribution is 9.10. The number of nitrogens with zero attached hydrogens (tertiary/aromatic N) is 1. The van der Waals surface area contributed by atoms with Gasteiger partial charge in [0.2, 0.25) is 0 Å². The topological polar surface area (TPSA) is 111 Å². The molecule has 0 spiro atoms. The van der Waals surface area contributed by atoms with Crippen molar-refractivity contribution in [2.45, 2.75) is 0 Å². The molecule has 0 saturated heterocycles. The predicted octanol–water partition coefficient (Wildman–Crippen LogP) is 3.19. The first-order chi connectivity index (χ1) is 11.9. The number of nitrogens with one attached hydrogen (secondary N) is 2. The molecule has 0 bridgehead atoms. The molecule has 2 N–H and O–H groups in total. The van der Waals surface area contributed by atoms with Crippen LogP contribution in [0.1, 0.15) is 10.4 Å². The van der Waals surface area contributed by atoms with Crippen LogP contribution in [-0.4, -0.2) is 30.5 Å². The van der Waals surface area contributed by atoms with Gasteiger partial charge in [0.1, 0.15) is 5.69 Å². The quantitative estimate of drug-likeness (QED) is 0.432. The molecule has 2 aromatic carbocycles. The van der Waals surface area contributed by atoms with E-state index in [2.05, 4.69) is 26.6 Å². The van der Waals surface area contributed by atoms with Gasteiger partial charge in [0.15, 0.2) is 6.61 Å². The highest BCUT2D eigenvalue weighted by Gasteiger charge is 2.18. The van der Waals surface area contributed by atoms with E-state index in [1.54, 1.807) is 24.3 Å². The third-order valence-corrected chi connectivity index (χ3v) is 3.87. The van der Waals surface area contributed by atoms with E-state index in [1.165, 1.54) is 19.2 Å². The Balaban J connectivity index is 2.00. The fraction of sp³-hybridized carbons (Fsp3) is 0.125. The summed E-state index contributed by atoms with van der Waals surface area (Å²) in [7, 11) is 1.53. The molecule has 2 aromatic rings. The third kappa shape index (κ3) is 4.77. The Labute approximate surface area is 151 Å². The Morgan fingerprint density at radius 3 is 2.56 bits per heavy atom. The van der Waals surface area contributed by atoms with E-state index in [0.717, 1.165) is 6.07 Å². The van der Waals surface area contributed by atoms with Crippen LogP contribution in [0, 0.1) is 10.1 Å². The molecule has 130 valence electrons. The number of carbonyl (C=O) groups is 2. The zero-order valence-corrected chi connectivity index (χ0v) is 14.7. The van der Waals surface area contributed by atoms with Crippen LogP contribution in [-0.2, 0) is 9.53 Å². The van der Waals surface area contributed by atoms with Crippen LogP contribution in [0.15, 0.2) is 46.9 Å². The summed E-state index contributed by atoms with van der Waals surface area (Å²) in [6, 6.07) is 10.9. The van der Waals surface area contributed by atoms with Gasteiger partial charge >= 0.3 is 5.97 Å². The maximum Gasteiger partial charge on any atom is 0.338 e. The van der Waals surface area contributed by atoms with E-state index in [1.807, 2.05) is 0 Å². The first kappa shape index (κ1) is 18.4. The van der Waals surface area contributed by atoms with Gasteiger partial charge in [0.05, 0.1) is 16.2 Å². The number of nitro groups is 1. The van der Waals surface area contributed by atoms with Crippen molar-refractivity contribution < 1.29 is 19.2 Å². The smallest absolute Gasteiger partial charge is 0.338 e. The number of ether oxygens (including phenoxy) is 1. The minimum atomic E-state index is -0.826. The summed E-state index contributed by atoms with van der Waals surface area (Å²) >= 11 is 3.28. The molecule has 0 fully saturated rings. The first-order valence-corrected chi connectivity index (χ1v) is 7.89. The first-order valence-electron chi connectivity index (χ1n) is 7.10. The third-order valence-electron chi connectivity index (χ3n) is 3.18. The molecule has 0 atom stereocenters. The number of rotatable bonds is 6. The lowest BCUT2D eigenvalue weighted by Crippen LogP contribution is -2.21. The van der Waals surface area contributed by atoms with Crippen molar-refractivity contribution in [2.75, 3.05) is 24.3 Å². The zero-order chi connectivity index (χ0) is 18.4. The number of para-hydroxylation sites is 1. The SMILES string of the molecule is CNc1ccc(C(=O)OCC(=O)Nc2ccccc2Br)cc1[N+](=O)[O-]. The number of nitro benzene ring substituents is 1. The van der Waals surface area contributed by atoms with E-state index < -0.39 is 23.4 Å². The summed E-state index contributed by atoms with van der Waals surface area (Å²) in [5.74, 6) is -1.35. The Kier molecular flexibility index (Phi) is 6.07. The Bertz CT molecular complexity index is 825. The minimum absolute atomic E-state index is 0.0145. The van der Waals surface area contributed by atoms with E-state index in [9.17, 15) is 19.7 Å². The molecule has 25 heavy (non-hydrogen) atoms. The summed E-state index contributed by atoms with van der Waals surface area (Å²) in [6.07, 6.45) is 0. The Morgan fingerprint density at radius 2 is 1.92 bits per heavy atom. The fourth-order valence-electron chi connectivity index (χ4n) is 1.98. The second kappa shape index (κ2) is 8.25. The highest BCUT2D eigenvalue weighted by atomic mass is 79.9. The highest BCUT2D eigenvalue weighted by Crippen LogP contribution is 2.25. The van der Waals surface area contributed by atoms with E-state index in [-0.39, 0.29) is 16.9 Å². The number of anilines is 2. The number of carbonyl (C=O) groups excluding carboxylic acids is 2. The zero-order valence-electron chi connectivity index (χ0n) is 13.1. The van der Waals surface area contributed by atoms with E-state index in [0.29, 0.717) is 10.2 Å². The molecule has 0 heterocycles. The predicted molar refractivity (Wildman–Crippen MR) is 95.7 cm³/mol. The van der Waals surface area contributed by atoms with Gasteiger partial charge < -0.3 is 15.4 Å². The van der Waals surface area contributed by atoms with Gasteiger partial charge in [-0.3, -0.25) is 14.9 Å². The second-order valence-corrected chi connectivity index (χ2v) is 5.70. The summed E-state index contributed by atoms with van der Waals surface area (Å²) < 4.78 is 5.59. The average molecular weight is 408 g/mol. The molecule has 0 aliphatic rings. The van der Waals surface area contributed by atoms with E-state index >= 15 is 0 Å². The van der Waals surface area contributed by atoms with Gasteiger partial charge in [-0.15, -0.1) is 0 Å². The number of esters is 1. The van der Waals surface area contributed by atoms with Crippen LogP contribution in [0.3, 0.4) is 0 Å². The standard InChI is InChI=1S/C16H14BrN3O5/c1-18-13-7-6-10(8-14(13)20(23)24)16(22)25-9-15(21)19-12-5-3-2-4-11(12)17/h2-8,18H,9H2,1H3,(H,19,21). The lowest BCUT2D eigenvalue weighted by atomic mass is 10.1. The normalized spacial score (nSPS) is 10.0. The number of halogens is 1. The van der Waals surface area contributed by atoms with Gasteiger partial charge in [0.25, 0.3) is 11.6 Å². The molecule has 2 rings (SSSR count). The van der Waals surface area contributed by atoms with Crippen molar-refractivity contribution in [3.05, 3.63) is 62.6 Å². The van der Waals surface area contributed by atoms with Crippen molar-refractivity contribution in [3.8, 4) is 0 Å². The van der Waals surface area contributed by atoms with Crippen LogP contribution >= 0.6 is 15.9 Å². The van der Waals surface area contributed by atoms with Crippen molar-refractivity contribution in [3.63, 3.8) is 0 Å². The Hall–Kier alpha value is -2.94. The lowest BCUT2D eigenvalue weighted by molar-refractivity contribution is -0.384. The number of benzene rings is 2. The number of hydrogen-bond acceptors (Lipinski definition) is 6. The summed E-state index contributed by atoms with van der Waals surface area (Å²) in [5.41, 5.74) is 0.541. The monoisotopic (exact) mass is 407 g/mol. The van der Waals surface area contributed by atoms with Crippen LogP contribution in [0.5, 0.6) is 0 Å². The number of hydrogen-bond donors (Lipinski definition) is 2. The number of amides is 1. The molecule has 0 saturated carbocycles. The fourth-order valence-corrected chi connectivity index (χ4v) is 2.37. The second-order valence-electron chi connectivity index (χ2n) is 4.84. The van der Waals surface area contributed by atoms with Gasteiger partial charge in [0, 0.05) is 17.6 Å². The molecule has 9 heteroatoms. The summed E-state index contributed by atoms with van der Waals surface area (Å²) in [5, 5.41) is 16.2.